The Bertz CT molecular complexity index is 1160. The summed E-state index contributed by atoms with van der Waals surface area (Å²) in [6, 6.07) is 6.19. The summed E-state index contributed by atoms with van der Waals surface area (Å²) < 4.78 is 24.9. The molecule has 0 aliphatic carbocycles. The Kier molecular flexibility index (Phi) is 5.22. The number of carbonyl (C=O) groups is 1. The number of aryl methyl sites for hydroxylation is 2. The Morgan fingerprint density at radius 1 is 1.28 bits per heavy atom. The Morgan fingerprint density at radius 3 is 2.69 bits per heavy atom. The first-order chi connectivity index (χ1) is 13.7. The Morgan fingerprint density at radius 2 is 2.00 bits per heavy atom. The minimum absolute atomic E-state index is 0.0487. The van der Waals surface area contributed by atoms with Gasteiger partial charge in [0.05, 0.1) is 17.0 Å². The normalized spacial score (nSPS) is 17.8. The molecule has 1 unspecified atom stereocenters. The molecule has 7 nitrogen and oxygen atoms in total. The number of hydrogen-bond donors (Lipinski definition) is 1. The highest BCUT2D eigenvalue weighted by Crippen LogP contribution is 2.33. The van der Waals surface area contributed by atoms with Crippen LogP contribution >= 0.6 is 11.3 Å². The molecule has 2 aromatic heterocycles. The van der Waals surface area contributed by atoms with Gasteiger partial charge < -0.3 is 4.90 Å². The Hall–Kier alpha value is -2.23. The molecule has 1 saturated heterocycles. The van der Waals surface area contributed by atoms with E-state index >= 15 is 0 Å². The van der Waals surface area contributed by atoms with Crippen molar-refractivity contribution >= 4 is 32.1 Å². The number of primary sulfonamides is 1. The molecule has 0 radical (unpaired) electrons. The highest BCUT2D eigenvalue weighted by atomic mass is 32.2. The maximum Gasteiger partial charge on any atom is 0.238 e. The molecular weight excluding hydrogens is 408 g/mol. The van der Waals surface area contributed by atoms with E-state index in [1.165, 1.54) is 22.7 Å². The molecule has 1 fully saturated rings. The van der Waals surface area contributed by atoms with Crippen molar-refractivity contribution in [1.82, 2.24) is 14.3 Å². The molecule has 9 heteroatoms. The van der Waals surface area contributed by atoms with Crippen LogP contribution in [0.1, 0.15) is 41.5 Å². The summed E-state index contributed by atoms with van der Waals surface area (Å²) in [7, 11) is -3.72. The van der Waals surface area contributed by atoms with Crippen molar-refractivity contribution in [3.8, 4) is 0 Å². The van der Waals surface area contributed by atoms with Crippen molar-refractivity contribution in [2.24, 2.45) is 5.14 Å². The molecule has 1 aliphatic rings. The number of likely N-dealkylation sites (tertiary alicyclic amines) is 1. The van der Waals surface area contributed by atoms with Crippen LogP contribution in [0.4, 0.5) is 0 Å². The predicted molar refractivity (Wildman–Crippen MR) is 113 cm³/mol. The number of aromatic nitrogens is 2. The number of nitrogens with zero attached hydrogens (tertiary/aromatic N) is 3. The smallest absolute Gasteiger partial charge is 0.238 e. The first kappa shape index (κ1) is 20.1. The fourth-order valence-electron chi connectivity index (χ4n) is 4.03. The van der Waals surface area contributed by atoms with Gasteiger partial charge in [-0.25, -0.2) is 18.5 Å². The van der Waals surface area contributed by atoms with Crippen LogP contribution in [0.2, 0.25) is 0 Å². The van der Waals surface area contributed by atoms with Crippen molar-refractivity contribution in [2.45, 2.75) is 43.9 Å². The number of nitrogens with two attached hydrogens (primary N) is 1. The van der Waals surface area contributed by atoms with Gasteiger partial charge in [-0.1, -0.05) is 12.1 Å². The van der Waals surface area contributed by atoms with Gasteiger partial charge in [-0.2, -0.15) is 0 Å². The highest BCUT2D eigenvalue weighted by Gasteiger charge is 2.28. The minimum atomic E-state index is -3.72. The Balaban J connectivity index is 1.48. The van der Waals surface area contributed by atoms with Crippen LogP contribution in [-0.4, -0.2) is 41.7 Å². The van der Waals surface area contributed by atoms with E-state index in [9.17, 15) is 13.2 Å². The van der Waals surface area contributed by atoms with Crippen LogP contribution in [0, 0.1) is 13.8 Å². The van der Waals surface area contributed by atoms with Crippen molar-refractivity contribution in [1.29, 1.82) is 0 Å². The number of sulfonamides is 1. The monoisotopic (exact) mass is 432 g/mol. The van der Waals surface area contributed by atoms with Gasteiger partial charge in [-0.3, -0.25) is 9.20 Å². The molecule has 0 spiro atoms. The second kappa shape index (κ2) is 7.55. The van der Waals surface area contributed by atoms with E-state index in [0.29, 0.717) is 6.54 Å². The van der Waals surface area contributed by atoms with Crippen LogP contribution in [0.3, 0.4) is 0 Å². The SMILES string of the molecule is Cc1csc2c(C3CCCN(C(=O)Cc4ccc(S(N)(=O)=O)cc4)C3)nc(C)n12. The van der Waals surface area contributed by atoms with E-state index in [1.54, 1.807) is 23.5 Å². The van der Waals surface area contributed by atoms with E-state index in [1.807, 2.05) is 11.8 Å². The van der Waals surface area contributed by atoms with Crippen molar-refractivity contribution in [3.05, 3.63) is 52.4 Å². The number of imidazole rings is 1. The van der Waals surface area contributed by atoms with Gasteiger partial charge in [0.1, 0.15) is 10.7 Å². The summed E-state index contributed by atoms with van der Waals surface area (Å²) >= 11 is 1.71. The van der Waals surface area contributed by atoms with Gasteiger partial charge in [-0.05, 0) is 44.4 Å². The average molecular weight is 433 g/mol. The zero-order valence-electron chi connectivity index (χ0n) is 16.5. The molecule has 1 atom stereocenters. The van der Waals surface area contributed by atoms with Gasteiger partial charge in [0.2, 0.25) is 15.9 Å². The van der Waals surface area contributed by atoms with E-state index in [4.69, 9.17) is 10.1 Å². The first-order valence-corrected chi connectivity index (χ1v) is 12.0. The maximum absolute atomic E-state index is 12.9. The zero-order valence-corrected chi connectivity index (χ0v) is 18.1. The number of amides is 1. The Labute approximate surface area is 174 Å². The second-order valence-corrected chi connectivity index (χ2v) is 10.0. The third kappa shape index (κ3) is 3.94. The van der Waals surface area contributed by atoms with Gasteiger partial charge in [0, 0.05) is 30.1 Å². The lowest BCUT2D eigenvalue weighted by molar-refractivity contribution is -0.131. The van der Waals surface area contributed by atoms with Gasteiger partial charge in [0.25, 0.3) is 0 Å². The third-order valence-electron chi connectivity index (χ3n) is 5.49. The number of piperidine rings is 1. The summed E-state index contributed by atoms with van der Waals surface area (Å²) in [6.45, 7) is 5.51. The van der Waals surface area contributed by atoms with Crippen LogP contribution in [0.25, 0.3) is 4.83 Å². The molecule has 1 amide bonds. The lowest BCUT2D eigenvalue weighted by Gasteiger charge is -2.32. The molecule has 0 saturated carbocycles. The average Bonchev–Trinajstić information content (AvgIpc) is 3.22. The minimum Gasteiger partial charge on any atom is -0.342 e. The fraction of sp³-hybridized carbons (Fsp3) is 0.400. The second-order valence-electron chi connectivity index (χ2n) is 7.61. The number of thiazole rings is 1. The fourth-order valence-corrected chi connectivity index (χ4v) is 5.65. The molecule has 154 valence electrons. The number of carbonyl (C=O) groups excluding carboxylic acids is 1. The van der Waals surface area contributed by atoms with Crippen LogP contribution in [0.5, 0.6) is 0 Å². The lowest BCUT2D eigenvalue weighted by Crippen LogP contribution is -2.40. The molecule has 1 aliphatic heterocycles. The highest BCUT2D eigenvalue weighted by molar-refractivity contribution is 7.89. The van der Waals surface area contributed by atoms with E-state index < -0.39 is 10.0 Å². The van der Waals surface area contributed by atoms with Crippen molar-refractivity contribution < 1.29 is 13.2 Å². The number of hydrogen-bond acceptors (Lipinski definition) is 5. The summed E-state index contributed by atoms with van der Waals surface area (Å²) in [5, 5.41) is 7.27. The predicted octanol–water partition coefficient (Wildman–Crippen LogP) is 2.61. The summed E-state index contributed by atoms with van der Waals surface area (Å²) in [5.74, 6) is 1.28. The van der Waals surface area contributed by atoms with Crippen LogP contribution < -0.4 is 5.14 Å². The quantitative estimate of drug-likeness (QED) is 0.685. The number of benzene rings is 1. The zero-order chi connectivity index (χ0) is 20.8. The van der Waals surface area contributed by atoms with Crippen LogP contribution in [-0.2, 0) is 21.2 Å². The van der Waals surface area contributed by atoms with E-state index in [-0.39, 0.29) is 23.1 Å². The van der Waals surface area contributed by atoms with Gasteiger partial charge >= 0.3 is 0 Å². The molecular formula is C20H24N4O3S2. The number of rotatable bonds is 4. The first-order valence-electron chi connectivity index (χ1n) is 9.56. The molecule has 29 heavy (non-hydrogen) atoms. The van der Waals surface area contributed by atoms with Crippen molar-refractivity contribution in [3.63, 3.8) is 0 Å². The third-order valence-corrected chi connectivity index (χ3v) is 7.49. The van der Waals surface area contributed by atoms with Gasteiger partial charge in [0.15, 0.2) is 0 Å². The topological polar surface area (TPSA) is 97.8 Å². The molecule has 3 heterocycles. The lowest BCUT2D eigenvalue weighted by atomic mass is 9.94. The van der Waals surface area contributed by atoms with E-state index in [2.05, 4.69) is 16.7 Å². The van der Waals surface area contributed by atoms with Gasteiger partial charge in [-0.15, -0.1) is 11.3 Å². The largest absolute Gasteiger partial charge is 0.342 e. The molecule has 4 rings (SSSR count). The van der Waals surface area contributed by atoms with Crippen LogP contribution in [0.15, 0.2) is 34.5 Å². The maximum atomic E-state index is 12.9. The molecule has 1 aromatic carbocycles. The van der Waals surface area contributed by atoms with E-state index in [0.717, 1.165) is 36.5 Å². The standard InChI is InChI=1S/C20H24N4O3S2/c1-13-12-28-20-19(22-14(2)24(13)20)16-4-3-9-23(11-16)18(25)10-15-5-7-17(8-6-15)29(21,26)27/h5-8,12,16H,3-4,9-11H2,1-2H3,(H2,21,26,27). The molecule has 3 aromatic rings. The number of fused-ring (bicyclic) bond motifs is 1. The van der Waals surface area contributed by atoms with Crippen molar-refractivity contribution in [2.75, 3.05) is 13.1 Å². The summed E-state index contributed by atoms with van der Waals surface area (Å²) in [5.41, 5.74) is 3.06. The summed E-state index contributed by atoms with van der Waals surface area (Å²) in [6.07, 6.45) is 2.21. The summed E-state index contributed by atoms with van der Waals surface area (Å²) in [4.78, 5) is 20.8. The molecule has 2 N–H and O–H groups in total. The molecule has 0 bridgehead atoms.